The lowest BCUT2D eigenvalue weighted by Crippen LogP contribution is -2.56. The molecule has 3 heterocycles. The Kier molecular flexibility index (Phi) is 5.39. The highest BCUT2D eigenvalue weighted by molar-refractivity contribution is 7.86. The third-order valence-electron chi connectivity index (χ3n) is 4.33. The largest absolute Gasteiger partial charge is 0.373 e. The lowest BCUT2D eigenvalue weighted by molar-refractivity contribution is -0.0457. The van der Waals surface area contributed by atoms with Crippen molar-refractivity contribution in [3.8, 4) is 0 Å². The zero-order valence-electron chi connectivity index (χ0n) is 13.7. The molecule has 2 unspecified atom stereocenters. The molecule has 0 bridgehead atoms. The Balaban J connectivity index is 1.57. The molecule has 0 aliphatic carbocycles. The van der Waals surface area contributed by atoms with E-state index in [1.54, 1.807) is 19.9 Å². The number of rotatable bonds is 4. The van der Waals surface area contributed by atoms with Crippen LogP contribution < -0.4 is 0 Å². The van der Waals surface area contributed by atoms with Crippen molar-refractivity contribution in [1.82, 2.24) is 13.5 Å². The molecule has 0 spiro atoms. The molecule has 130 valence electrons. The third-order valence-corrected chi connectivity index (χ3v) is 7.16. The van der Waals surface area contributed by atoms with Gasteiger partial charge in [0, 0.05) is 50.7 Å². The van der Waals surface area contributed by atoms with E-state index in [0.717, 1.165) is 19.6 Å². The van der Waals surface area contributed by atoms with Gasteiger partial charge in [-0.25, -0.2) is 0 Å². The first-order valence-corrected chi connectivity index (χ1v) is 10.4. The molecule has 8 heteroatoms. The highest BCUT2D eigenvalue weighted by Gasteiger charge is 2.36. The highest BCUT2D eigenvalue weighted by atomic mass is 32.2. The fourth-order valence-corrected chi connectivity index (χ4v) is 5.72. The summed E-state index contributed by atoms with van der Waals surface area (Å²) in [6, 6.07) is 4.19. The smallest absolute Gasteiger partial charge is 0.282 e. The first-order valence-electron chi connectivity index (χ1n) is 8.10. The Morgan fingerprint density at radius 2 is 1.78 bits per heavy atom. The van der Waals surface area contributed by atoms with E-state index in [4.69, 9.17) is 4.74 Å². The van der Waals surface area contributed by atoms with Gasteiger partial charge in [0.2, 0.25) is 0 Å². The van der Waals surface area contributed by atoms with Crippen molar-refractivity contribution < 1.29 is 13.2 Å². The highest BCUT2D eigenvalue weighted by Crippen LogP contribution is 2.20. The average molecular weight is 360 g/mol. The number of ether oxygens (including phenoxy) is 1. The van der Waals surface area contributed by atoms with Gasteiger partial charge in [0.15, 0.2) is 0 Å². The quantitative estimate of drug-likeness (QED) is 0.811. The number of nitrogens with zero attached hydrogens (tertiary/aromatic N) is 3. The molecule has 23 heavy (non-hydrogen) atoms. The van der Waals surface area contributed by atoms with Crippen molar-refractivity contribution in [2.45, 2.75) is 32.6 Å². The molecule has 0 aromatic carbocycles. The van der Waals surface area contributed by atoms with Gasteiger partial charge in [-0.15, -0.1) is 11.3 Å². The van der Waals surface area contributed by atoms with E-state index in [9.17, 15) is 8.42 Å². The van der Waals surface area contributed by atoms with E-state index in [1.807, 2.05) is 13.8 Å². The monoisotopic (exact) mass is 359 g/mol. The molecule has 2 saturated heterocycles. The van der Waals surface area contributed by atoms with Crippen LogP contribution >= 0.6 is 11.3 Å². The third kappa shape index (κ3) is 4.12. The SMILES string of the molecule is CC1CN(S(=O)(=O)N2CCN(Cc3cccs3)CC2)CC(C)O1. The van der Waals surface area contributed by atoms with Gasteiger partial charge < -0.3 is 4.74 Å². The summed E-state index contributed by atoms with van der Waals surface area (Å²) in [5, 5.41) is 2.08. The second-order valence-corrected chi connectivity index (χ2v) is 9.30. The maximum atomic E-state index is 12.8. The Labute approximate surface area is 142 Å². The van der Waals surface area contributed by atoms with Gasteiger partial charge in [0.1, 0.15) is 0 Å². The summed E-state index contributed by atoms with van der Waals surface area (Å²) in [5.41, 5.74) is 0. The van der Waals surface area contributed by atoms with Gasteiger partial charge in [-0.1, -0.05) is 6.07 Å². The van der Waals surface area contributed by atoms with Gasteiger partial charge in [-0.3, -0.25) is 4.90 Å². The zero-order valence-corrected chi connectivity index (χ0v) is 15.4. The summed E-state index contributed by atoms with van der Waals surface area (Å²) in [4.78, 5) is 3.65. The Morgan fingerprint density at radius 3 is 2.35 bits per heavy atom. The average Bonchev–Trinajstić information content (AvgIpc) is 3.00. The van der Waals surface area contributed by atoms with Crippen LogP contribution in [0.25, 0.3) is 0 Å². The molecular weight excluding hydrogens is 334 g/mol. The summed E-state index contributed by atoms with van der Waals surface area (Å²) in [7, 11) is -3.37. The summed E-state index contributed by atoms with van der Waals surface area (Å²) in [6.07, 6.45) is -0.0951. The molecule has 2 fully saturated rings. The first-order chi connectivity index (χ1) is 10.9. The lowest BCUT2D eigenvalue weighted by atomic mass is 10.3. The predicted octanol–water partition coefficient (Wildman–Crippen LogP) is 1.22. The standard InChI is InChI=1S/C15H25N3O3S2/c1-13-10-18(11-14(2)21-13)23(19,20)17-7-5-16(6-8-17)12-15-4-3-9-22-15/h3-4,9,13-14H,5-8,10-12H2,1-2H3. The molecule has 1 aromatic rings. The van der Waals surface area contributed by atoms with Crippen molar-refractivity contribution >= 4 is 21.5 Å². The molecule has 2 aliphatic rings. The van der Waals surface area contributed by atoms with Gasteiger partial charge in [-0.2, -0.15) is 17.0 Å². The topological polar surface area (TPSA) is 53.1 Å². The van der Waals surface area contributed by atoms with E-state index in [-0.39, 0.29) is 12.2 Å². The maximum absolute atomic E-state index is 12.8. The van der Waals surface area contributed by atoms with Crippen LogP contribution in [0.4, 0.5) is 0 Å². The number of piperazine rings is 1. The minimum Gasteiger partial charge on any atom is -0.373 e. The van der Waals surface area contributed by atoms with Crippen LogP contribution in [0.3, 0.4) is 0 Å². The minimum atomic E-state index is -3.37. The summed E-state index contributed by atoms with van der Waals surface area (Å²) in [5.74, 6) is 0. The van der Waals surface area contributed by atoms with Gasteiger partial charge in [0.05, 0.1) is 12.2 Å². The minimum absolute atomic E-state index is 0.0476. The van der Waals surface area contributed by atoms with Crippen molar-refractivity contribution in [2.75, 3.05) is 39.3 Å². The molecule has 0 N–H and O–H groups in total. The Hall–Kier alpha value is -0.510. The maximum Gasteiger partial charge on any atom is 0.282 e. The second-order valence-electron chi connectivity index (χ2n) is 6.34. The summed E-state index contributed by atoms with van der Waals surface area (Å²) in [6.45, 7) is 8.36. The molecule has 0 radical (unpaired) electrons. The summed E-state index contributed by atoms with van der Waals surface area (Å²) < 4.78 is 34.5. The van der Waals surface area contributed by atoms with Crippen LogP contribution in [-0.2, 0) is 21.5 Å². The van der Waals surface area contributed by atoms with Crippen molar-refractivity contribution in [3.63, 3.8) is 0 Å². The Bertz CT molecular complexity index is 587. The lowest BCUT2D eigenvalue weighted by Gasteiger charge is -2.40. The van der Waals surface area contributed by atoms with Crippen LogP contribution in [0.1, 0.15) is 18.7 Å². The van der Waals surface area contributed by atoms with Crippen molar-refractivity contribution in [2.24, 2.45) is 0 Å². The number of thiophene rings is 1. The van der Waals surface area contributed by atoms with E-state index in [0.29, 0.717) is 26.2 Å². The molecule has 6 nitrogen and oxygen atoms in total. The second kappa shape index (κ2) is 7.16. The number of morpholine rings is 1. The number of hydrogen-bond donors (Lipinski definition) is 0. The van der Waals surface area contributed by atoms with Crippen LogP contribution in [-0.4, -0.2) is 73.4 Å². The van der Waals surface area contributed by atoms with E-state index >= 15 is 0 Å². The molecule has 3 rings (SSSR count). The molecule has 2 atom stereocenters. The fourth-order valence-electron chi connectivity index (χ4n) is 3.22. The Morgan fingerprint density at radius 1 is 1.13 bits per heavy atom. The van der Waals surface area contributed by atoms with Crippen LogP contribution in [0.2, 0.25) is 0 Å². The molecule has 2 aliphatic heterocycles. The van der Waals surface area contributed by atoms with Crippen LogP contribution in [0.15, 0.2) is 17.5 Å². The van der Waals surface area contributed by atoms with Crippen molar-refractivity contribution in [3.05, 3.63) is 22.4 Å². The molecule has 1 aromatic heterocycles. The summed E-state index contributed by atoms with van der Waals surface area (Å²) >= 11 is 1.75. The normalized spacial score (nSPS) is 29.0. The van der Waals surface area contributed by atoms with Gasteiger partial charge in [0.25, 0.3) is 10.2 Å². The molecular formula is C15H25N3O3S2. The van der Waals surface area contributed by atoms with Crippen LogP contribution in [0, 0.1) is 0 Å². The molecule has 0 amide bonds. The van der Waals surface area contributed by atoms with E-state index < -0.39 is 10.2 Å². The number of hydrogen-bond acceptors (Lipinski definition) is 5. The van der Waals surface area contributed by atoms with E-state index in [2.05, 4.69) is 22.4 Å². The fraction of sp³-hybridized carbons (Fsp3) is 0.733. The van der Waals surface area contributed by atoms with Crippen molar-refractivity contribution in [1.29, 1.82) is 0 Å². The zero-order chi connectivity index (χ0) is 16.4. The van der Waals surface area contributed by atoms with Gasteiger partial charge >= 0.3 is 0 Å². The van der Waals surface area contributed by atoms with Gasteiger partial charge in [-0.05, 0) is 25.3 Å². The predicted molar refractivity (Wildman–Crippen MR) is 91.7 cm³/mol. The van der Waals surface area contributed by atoms with E-state index in [1.165, 1.54) is 4.88 Å². The van der Waals surface area contributed by atoms with Crippen LogP contribution in [0.5, 0.6) is 0 Å². The molecule has 0 saturated carbocycles. The first kappa shape index (κ1) is 17.3.